The third-order valence-corrected chi connectivity index (χ3v) is 6.72. The fraction of sp³-hybridized carbons (Fsp3) is 0.417. The molecule has 1 amide bonds. The molecule has 14 heteroatoms. The van der Waals surface area contributed by atoms with Crippen molar-refractivity contribution in [3.63, 3.8) is 0 Å². The standard InChI is InChI=1S/C24H31B3ClFN6O3/c1-12-9-35(10-13(2)20(12)29)23-30-8-16(28)21(32-23)31-15-4-5-17-14(6-15)7-18(22(37)34(17)3)38-11-19(36)33-24(25,26)27/h4-8,12-13,20H,9-11,25-27H2,1-3H3,(H,33,36)(H,30,31,32)/t12-,13+,20?. The Labute approximate surface area is 228 Å². The highest BCUT2D eigenvalue weighted by Gasteiger charge is 2.33. The second-order valence-corrected chi connectivity index (χ2v) is 11.4. The molecule has 1 unspecified atom stereocenters. The maximum absolute atomic E-state index is 14.3. The van der Waals surface area contributed by atoms with Crippen molar-refractivity contribution >= 4 is 69.4 Å². The van der Waals surface area contributed by atoms with E-state index in [4.69, 9.17) is 16.3 Å². The van der Waals surface area contributed by atoms with Gasteiger partial charge in [-0.3, -0.25) is 9.59 Å². The van der Waals surface area contributed by atoms with Crippen LogP contribution in [0.4, 0.5) is 21.8 Å². The van der Waals surface area contributed by atoms with Crippen LogP contribution in [0, 0.1) is 11.8 Å². The number of carbonyl (C=O) groups excluding carboxylic acids is 1. The second-order valence-electron chi connectivity index (χ2n) is 11.0. The fourth-order valence-electron chi connectivity index (χ4n) is 4.66. The SMILES string of the molecule is BC(B)(B)NC(=O)COc1cc2cc(Nc3nc(N4C[C@@H](C)C(F)[C@@H](C)C4)ncc3Cl)ccc2n(C)c1=O. The number of alkyl halides is 1. The van der Waals surface area contributed by atoms with E-state index in [1.807, 2.05) is 54.4 Å². The molecule has 38 heavy (non-hydrogen) atoms. The van der Waals surface area contributed by atoms with Crippen LogP contribution < -0.4 is 25.8 Å². The molecule has 4 rings (SSSR count). The van der Waals surface area contributed by atoms with Crippen molar-refractivity contribution in [3.05, 3.63) is 45.8 Å². The quantitative estimate of drug-likeness (QED) is 0.414. The molecule has 1 fully saturated rings. The van der Waals surface area contributed by atoms with Crippen molar-refractivity contribution in [2.75, 3.05) is 29.9 Å². The number of hydrogen-bond acceptors (Lipinski definition) is 7. The molecule has 0 radical (unpaired) electrons. The summed E-state index contributed by atoms with van der Waals surface area (Å²) >= 11 is 6.40. The predicted octanol–water partition coefficient (Wildman–Crippen LogP) is 0.161. The van der Waals surface area contributed by atoms with Gasteiger partial charge >= 0.3 is 0 Å². The molecule has 2 aromatic heterocycles. The van der Waals surface area contributed by atoms with Gasteiger partial charge in [0.05, 0.1) is 11.7 Å². The van der Waals surface area contributed by atoms with Crippen LogP contribution in [0.2, 0.25) is 5.02 Å². The van der Waals surface area contributed by atoms with E-state index in [0.29, 0.717) is 41.1 Å². The number of hydrogen-bond donors (Lipinski definition) is 2. The number of anilines is 3. The molecule has 0 aliphatic carbocycles. The summed E-state index contributed by atoms with van der Waals surface area (Å²) in [5.41, 5.74) is 1.03. The van der Waals surface area contributed by atoms with Gasteiger partial charge in [0.25, 0.3) is 11.5 Å². The number of ether oxygens (including phenoxy) is 1. The highest BCUT2D eigenvalue weighted by atomic mass is 35.5. The van der Waals surface area contributed by atoms with E-state index >= 15 is 0 Å². The lowest BCUT2D eigenvalue weighted by molar-refractivity contribution is -0.123. The predicted molar refractivity (Wildman–Crippen MR) is 157 cm³/mol. The Kier molecular flexibility index (Phi) is 7.97. The number of aryl methyl sites for hydroxylation is 1. The summed E-state index contributed by atoms with van der Waals surface area (Å²) in [6, 6.07) is 7.08. The van der Waals surface area contributed by atoms with Crippen LogP contribution in [-0.4, -0.2) is 75.1 Å². The van der Waals surface area contributed by atoms with Gasteiger partial charge in [0, 0.05) is 43.0 Å². The first-order valence-corrected chi connectivity index (χ1v) is 13.0. The molecular weight excluding hydrogens is 507 g/mol. The summed E-state index contributed by atoms with van der Waals surface area (Å²) in [5, 5.41) is 6.69. The molecule has 198 valence electrons. The maximum atomic E-state index is 14.3. The molecule has 9 nitrogen and oxygen atoms in total. The molecular formula is C24H31B3ClFN6O3. The Bertz CT molecular complexity index is 1410. The number of rotatable bonds is 7. The third kappa shape index (κ3) is 6.26. The summed E-state index contributed by atoms with van der Waals surface area (Å²) in [5.74, 6) is 0.399. The minimum atomic E-state index is -0.855. The van der Waals surface area contributed by atoms with Crippen LogP contribution in [0.25, 0.3) is 10.9 Å². The summed E-state index contributed by atoms with van der Waals surface area (Å²) < 4.78 is 21.4. The van der Waals surface area contributed by atoms with Crippen LogP contribution >= 0.6 is 11.6 Å². The van der Waals surface area contributed by atoms with Gasteiger partial charge in [-0.05, 0) is 29.5 Å². The minimum absolute atomic E-state index is 0.0723. The van der Waals surface area contributed by atoms with Gasteiger partial charge in [0.15, 0.2) is 18.2 Å². The first kappa shape index (κ1) is 27.8. The molecule has 1 aliphatic heterocycles. The van der Waals surface area contributed by atoms with Crippen molar-refractivity contribution in [1.29, 1.82) is 0 Å². The monoisotopic (exact) mass is 538 g/mol. The van der Waals surface area contributed by atoms with E-state index in [1.54, 1.807) is 19.2 Å². The smallest absolute Gasteiger partial charge is 0.293 e. The van der Waals surface area contributed by atoms with Crippen molar-refractivity contribution in [3.8, 4) is 5.75 Å². The molecule has 0 spiro atoms. The highest BCUT2D eigenvalue weighted by molar-refractivity contribution is 6.59. The number of pyridine rings is 1. The maximum Gasteiger partial charge on any atom is 0.293 e. The van der Waals surface area contributed by atoms with Crippen LogP contribution in [-0.2, 0) is 11.8 Å². The number of nitrogens with one attached hydrogen (secondary N) is 2. The Morgan fingerprint density at radius 2 is 1.92 bits per heavy atom. The van der Waals surface area contributed by atoms with E-state index in [1.165, 1.54) is 10.8 Å². The van der Waals surface area contributed by atoms with Crippen molar-refractivity contribution in [1.82, 2.24) is 19.9 Å². The Morgan fingerprint density at radius 1 is 1.24 bits per heavy atom. The number of nitrogens with zero attached hydrogens (tertiary/aromatic N) is 4. The highest BCUT2D eigenvalue weighted by Crippen LogP contribution is 2.31. The molecule has 1 saturated heterocycles. The van der Waals surface area contributed by atoms with Gasteiger partial charge in [0.2, 0.25) is 5.95 Å². The zero-order chi connectivity index (χ0) is 27.8. The van der Waals surface area contributed by atoms with Gasteiger partial charge in [0.1, 0.15) is 34.7 Å². The molecule has 1 aliphatic rings. The Morgan fingerprint density at radius 3 is 2.58 bits per heavy atom. The molecule has 3 atom stereocenters. The molecule has 3 aromatic rings. The first-order chi connectivity index (χ1) is 17.8. The van der Waals surface area contributed by atoms with Gasteiger partial charge in [-0.2, -0.15) is 4.98 Å². The van der Waals surface area contributed by atoms with E-state index in [0.717, 1.165) is 5.39 Å². The Balaban J connectivity index is 1.57. The third-order valence-electron chi connectivity index (χ3n) is 6.45. The number of piperidine rings is 1. The lowest BCUT2D eigenvalue weighted by Crippen LogP contribution is -2.51. The number of aromatic nitrogens is 3. The van der Waals surface area contributed by atoms with Gasteiger partial charge < -0.3 is 24.8 Å². The average molecular weight is 538 g/mol. The van der Waals surface area contributed by atoms with Crippen molar-refractivity contribution < 1.29 is 13.9 Å². The lowest BCUT2D eigenvalue weighted by atomic mass is 9.49. The van der Waals surface area contributed by atoms with Crippen LogP contribution in [0.1, 0.15) is 13.8 Å². The van der Waals surface area contributed by atoms with Crippen LogP contribution in [0.15, 0.2) is 35.3 Å². The summed E-state index contributed by atoms with van der Waals surface area (Å²) in [6.45, 7) is 4.55. The zero-order valence-corrected chi connectivity index (χ0v) is 23.3. The largest absolute Gasteiger partial charge is 0.478 e. The molecule has 3 heterocycles. The average Bonchev–Trinajstić information content (AvgIpc) is 2.83. The van der Waals surface area contributed by atoms with Gasteiger partial charge in [-0.15, -0.1) is 0 Å². The number of carbonyl (C=O) groups is 1. The van der Waals surface area contributed by atoms with E-state index < -0.39 is 11.4 Å². The van der Waals surface area contributed by atoms with Crippen molar-refractivity contribution in [2.45, 2.75) is 25.3 Å². The van der Waals surface area contributed by atoms with E-state index in [2.05, 4.69) is 20.6 Å². The lowest BCUT2D eigenvalue weighted by Gasteiger charge is -2.37. The van der Waals surface area contributed by atoms with Gasteiger partial charge in [-0.1, -0.05) is 25.4 Å². The number of benzene rings is 1. The molecule has 1 aromatic carbocycles. The minimum Gasteiger partial charge on any atom is -0.478 e. The van der Waals surface area contributed by atoms with Crippen LogP contribution in [0.5, 0.6) is 5.75 Å². The number of halogens is 2. The van der Waals surface area contributed by atoms with Crippen LogP contribution in [0.3, 0.4) is 0 Å². The fourth-order valence-corrected chi connectivity index (χ4v) is 4.80. The van der Waals surface area contributed by atoms with Gasteiger partial charge in [-0.25, -0.2) is 9.37 Å². The first-order valence-electron chi connectivity index (χ1n) is 12.6. The number of fused-ring (bicyclic) bond motifs is 1. The molecule has 0 bridgehead atoms. The summed E-state index contributed by atoms with van der Waals surface area (Å²) in [6.07, 6.45) is 0.675. The number of amides is 1. The summed E-state index contributed by atoms with van der Waals surface area (Å²) in [4.78, 5) is 35.9. The topological polar surface area (TPSA) is 101 Å². The van der Waals surface area contributed by atoms with Crippen molar-refractivity contribution in [2.24, 2.45) is 18.9 Å². The normalized spacial score (nSPS) is 19.8. The Hall–Kier alpha value is -3.21. The van der Waals surface area contributed by atoms with E-state index in [-0.39, 0.29) is 35.7 Å². The zero-order valence-electron chi connectivity index (χ0n) is 22.5. The molecule has 2 N–H and O–H groups in total. The molecule has 0 saturated carbocycles. The van der Waals surface area contributed by atoms with E-state index in [9.17, 15) is 14.0 Å². The summed E-state index contributed by atoms with van der Waals surface area (Å²) in [7, 11) is 7.26. The second kappa shape index (κ2) is 10.9.